The van der Waals surface area contributed by atoms with Crippen LogP contribution < -0.4 is 0 Å². The number of hydrogen-bond acceptors (Lipinski definition) is 10. The third-order valence-corrected chi connectivity index (χ3v) is 9.35. The molecule has 2 aromatic heterocycles. The third kappa shape index (κ3) is 8.12. The van der Waals surface area contributed by atoms with Crippen LogP contribution in [0, 0.1) is 0 Å². The van der Waals surface area contributed by atoms with E-state index >= 15 is 0 Å². The van der Waals surface area contributed by atoms with Crippen molar-refractivity contribution in [1.29, 1.82) is 0 Å². The zero-order chi connectivity index (χ0) is 38.9. The SMILES string of the molecule is COC(=O)c1cc(-c2cnc(C3CCCN3C(=O)OC(C)(C)C)[nH]2)ccc1-c1ccc(-c2cnc(C3CCCN3C(=O)OC(C)(C)C)[nH]2)cc1C(=O)OC. The molecule has 2 aliphatic heterocycles. The summed E-state index contributed by atoms with van der Waals surface area (Å²) in [6, 6.07) is 9.99. The van der Waals surface area contributed by atoms with Crippen LogP contribution in [0.4, 0.5) is 9.59 Å². The first-order valence-corrected chi connectivity index (χ1v) is 18.1. The average molecular weight is 741 g/mol. The fraction of sp³-hybridized carbons (Fsp3) is 0.450. The topological polar surface area (TPSA) is 169 Å². The normalized spacial score (nSPS) is 17.4. The Labute approximate surface area is 314 Å². The molecule has 14 nitrogen and oxygen atoms in total. The summed E-state index contributed by atoms with van der Waals surface area (Å²) in [5, 5.41) is 0. The van der Waals surface area contributed by atoms with E-state index < -0.39 is 23.1 Å². The second kappa shape index (κ2) is 15.0. The highest BCUT2D eigenvalue weighted by molar-refractivity contribution is 6.04. The molecular weight excluding hydrogens is 692 g/mol. The number of rotatable bonds is 7. The van der Waals surface area contributed by atoms with Crippen LogP contribution in [0.3, 0.4) is 0 Å². The number of nitrogens with zero attached hydrogens (tertiary/aromatic N) is 4. The van der Waals surface area contributed by atoms with Crippen molar-refractivity contribution < 1.29 is 38.1 Å². The quantitative estimate of drug-likeness (QED) is 0.141. The van der Waals surface area contributed by atoms with E-state index in [1.165, 1.54) is 14.2 Å². The van der Waals surface area contributed by atoms with E-state index in [2.05, 4.69) is 19.9 Å². The lowest BCUT2D eigenvalue weighted by Gasteiger charge is -2.27. The predicted octanol–water partition coefficient (Wildman–Crippen LogP) is 7.85. The summed E-state index contributed by atoms with van der Waals surface area (Å²) >= 11 is 0. The van der Waals surface area contributed by atoms with Crippen LogP contribution in [0.5, 0.6) is 0 Å². The van der Waals surface area contributed by atoms with Gasteiger partial charge in [0.2, 0.25) is 0 Å². The number of methoxy groups -OCH3 is 2. The Morgan fingerprint density at radius 1 is 0.648 bits per heavy atom. The summed E-state index contributed by atoms with van der Waals surface area (Å²) in [7, 11) is 2.60. The number of esters is 2. The van der Waals surface area contributed by atoms with Gasteiger partial charge in [0.1, 0.15) is 22.9 Å². The monoisotopic (exact) mass is 740 g/mol. The minimum Gasteiger partial charge on any atom is -0.465 e. The molecule has 2 N–H and O–H groups in total. The van der Waals surface area contributed by atoms with Crippen molar-refractivity contribution in [3.8, 4) is 33.6 Å². The first-order chi connectivity index (χ1) is 25.6. The van der Waals surface area contributed by atoms with Crippen molar-refractivity contribution in [1.82, 2.24) is 29.7 Å². The fourth-order valence-corrected chi connectivity index (χ4v) is 6.94. The van der Waals surface area contributed by atoms with Gasteiger partial charge in [-0.1, -0.05) is 24.3 Å². The number of benzene rings is 2. The van der Waals surface area contributed by atoms with Gasteiger partial charge < -0.3 is 28.9 Å². The van der Waals surface area contributed by atoms with Crippen LogP contribution in [0.15, 0.2) is 48.8 Å². The maximum Gasteiger partial charge on any atom is 0.410 e. The molecule has 2 amide bonds. The molecule has 2 saturated heterocycles. The van der Waals surface area contributed by atoms with E-state index in [4.69, 9.17) is 18.9 Å². The van der Waals surface area contributed by atoms with Gasteiger partial charge >= 0.3 is 24.1 Å². The standard InChI is InChI=1S/C40H48N6O8/c1-39(2,3)53-37(49)45-17-9-11-31(45)33-41-21-29(43-33)23-13-15-25(27(19-23)35(47)51-7)26-16-14-24(20-28(26)36(48)52-8)30-22-42-34(44-30)32-12-10-18-46(32)38(50)54-40(4,5)6/h13-16,19-22,31-32H,9-12,17-18H2,1-8H3,(H,41,43)(H,42,44). The molecule has 2 unspecified atom stereocenters. The van der Waals surface area contributed by atoms with E-state index in [-0.39, 0.29) is 35.4 Å². The number of ether oxygens (including phenoxy) is 4. The predicted molar refractivity (Wildman–Crippen MR) is 200 cm³/mol. The maximum absolute atomic E-state index is 13.3. The number of nitrogens with one attached hydrogen (secondary N) is 2. The Balaban J connectivity index is 1.30. The summed E-state index contributed by atoms with van der Waals surface area (Å²) in [6.45, 7) is 12.1. The van der Waals surface area contributed by atoms with Crippen LogP contribution in [0.2, 0.25) is 0 Å². The van der Waals surface area contributed by atoms with Gasteiger partial charge in [-0.15, -0.1) is 0 Å². The van der Waals surface area contributed by atoms with Crippen molar-refractivity contribution in [3.05, 3.63) is 71.6 Å². The van der Waals surface area contributed by atoms with Gasteiger partial charge in [-0.25, -0.2) is 29.1 Å². The largest absolute Gasteiger partial charge is 0.465 e. The Hall–Kier alpha value is -5.66. The lowest BCUT2D eigenvalue weighted by Crippen LogP contribution is -2.36. The third-order valence-electron chi connectivity index (χ3n) is 9.35. The summed E-state index contributed by atoms with van der Waals surface area (Å²) in [5.41, 5.74) is 2.75. The summed E-state index contributed by atoms with van der Waals surface area (Å²) < 4.78 is 21.6. The molecule has 2 aliphatic rings. The molecule has 0 radical (unpaired) electrons. The first-order valence-electron chi connectivity index (χ1n) is 18.1. The molecule has 2 atom stereocenters. The van der Waals surface area contributed by atoms with E-state index in [1.54, 1.807) is 46.5 Å². The minimum atomic E-state index is -0.622. The average Bonchev–Trinajstić information content (AvgIpc) is 3.95. The van der Waals surface area contributed by atoms with Crippen LogP contribution in [-0.4, -0.2) is 92.4 Å². The molecule has 14 heteroatoms. The van der Waals surface area contributed by atoms with Crippen molar-refractivity contribution in [2.24, 2.45) is 0 Å². The van der Waals surface area contributed by atoms with E-state index in [1.807, 2.05) is 53.7 Å². The number of hydrogen-bond donors (Lipinski definition) is 2. The summed E-state index contributed by atoms with van der Waals surface area (Å²) in [6.07, 6.45) is 5.66. The lowest BCUT2D eigenvalue weighted by atomic mass is 9.91. The van der Waals surface area contributed by atoms with Gasteiger partial charge in [0.05, 0.1) is 61.2 Å². The Morgan fingerprint density at radius 2 is 1.04 bits per heavy atom. The first kappa shape index (κ1) is 38.1. The number of carbonyl (C=O) groups excluding carboxylic acids is 4. The maximum atomic E-state index is 13.3. The molecule has 0 saturated carbocycles. The zero-order valence-electron chi connectivity index (χ0n) is 32.1. The van der Waals surface area contributed by atoms with Crippen molar-refractivity contribution >= 4 is 24.1 Å². The molecule has 0 bridgehead atoms. The molecule has 2 aromatic carbocycles. The number of carbonyl (C=O) groups is 4. The molecule has 2 fully saturated rings. The molecule has 286 valence electrons. The number of H-pyrrole nitrogens is 2. The second-order valence-corrected chi connectivity index (χ2v) is 15.5. The van der Waals surface area contributed by atoms with Gasteiger partial charge in [-0.3, -0.25) is 9.80 Å². The second-order valence-electron chi connectivity index (χ2n) is 15.5. The van der Waals surface area contributed by atoms with Crippen molar-refractivity contribution in [2.45, 2.75) is 90.5 Å². The van der Waals surface area contributed by atoms with Crippen LogP contribution >= 0.6 is 0 Å². The van der Waals surface area contributed by atoms with Crippen molar-refractivity contribution in [3.63, 3.8) is 0 Å². The number of aromatic nitrogens is 4. The zero-order valence-corrected chi connectivity index (χ0v) is 32.1. The highest BCUT2D eigenvalue weighted by Gasteiger charge is 2.36. The number of amides is 2. The summed E-state index contributed by atoms with van der Waals surface area (Å²) in [4.78, 5) is 71.7. The van der Waals surface area contributed by atoms with E-state index in [9.17, 15) is 19.2 Å². The molecular formula is C40H48N6O8. The Morgan fingerprint density at radius 3 is 1.39 bits per heavy atom. The van der Waals surface area contributed by atoms with Crippen LogP contribution in [0.1, 0.15) is 112 Å². The van der Waals surface area contributed by atoms with Gasteiger partial charge in [-0.2, -0.15) is 0 Å². The highest BCUT2D eigenvalue weighted by atomic mass is 16.6. The van der Waals surface area contributed by atoms with Gasteiger partial charge in [0.25, 0.3) is 0 Å². The van der Waals surface area contributed by atoms with Crippen molar-refractivity contribution in [2.75, 3.05) is 27.3 Å². The molecule has 54 heavy (non-hydrogen) atoms. The van der Waals surface area contributed by atoms with Crippen LogP contribution in [0.25, 0.3) is 33.6 Å². The molecule has 6 rings (SSSR count). The minimum absolute atomic E-state index is 0.229. The van der Waals surface area contributed by atoms with E-state index in [0.717, 1.165) is 25.7 Å². The number of likely N-dealkylation sites (tertiary alicyclic amines) is 2. The molecule has 4 heterocycles. The Kier molecular flexibility index (Phi) is 10.6. The lowest BCUT2D eigenvalue weighted by molar-refractivity contribution is 0.0208. The number of imidazole rings is 2. The summed E-state index contributed by atoms with van der Waals surface area (Å²) in [5.74, 6) is 0.0477. The highest BCUT2D eigenvalue weighted by Crippen LogP contribution is 2.37. The van der Waals surface area contributed by atoms with Gasteiger partial charge in [0, 0.05) is 24.2 Å². The smallest absolute Gasteiger partial charge is 0.410 e. The fourth-order valence-electron chi connectivity index (χ4n) is 6.94. The van der Waals surface area contributed by atoms with Crippen LogP contribution in [-0.2, 0) is 18.9 Å². The van der Waals surface area contributed by atoms with E-state index in [0.29, 0.717) is 58.4 Å². The van der Waals surface area contributed by atoms with Gasteiger partial charge in [0.15, 0.2) is 0 Å². The number of aromatic amines is 2. The molecule has 0 aliphatic carbocycles. The molecule has 4 aromatic rings. The Bertz CT molecular complexity index is 1910. The van der Waals surface area contributed by atoms with Gasteiger partial charge in [-0.05, 0) is 90.5 Å². The molecule has 0 spiro atoms.